The maximum Gasteiger partial charge on any atom is 0.279 e. The van der Waals surface area contributed by atoms with E-state index in [0.717, 1.165) is 27.9 Å². The summed E-state index contributed by atoms with van der Waals surface area (Å²) >= 11 is 0. The highest BCUT2D eigenvalue weighted by molar-refractivity contribution is 6.06. The van der Waals surface area contributed by atoms with Gasteiger partial charge in [-0.05, 0) is 18.2 Å². The van der Waals surface area contributed by atoms with Crippen LogP contribution < -0.4 is 5.56 Å². The van der Waals surface area contributed by atoms with Crippen LogP contribution in [-0.2, 0) is 11.4 Å². The lowest BCUT2D eigenvalue weighted by atomic mass is 9.97. The maximum absolute atomic E-state index is 12.9. The molecule has 0 N–H and O–H groups in total. The SMILES string of the molecule is O=c1c2ccccc2n2n1-c1ccccc1C1=NOCC1C2. The molecule has 1 unspecified atom stereocenters. The van der Waals surface area contributed by atoms with Gasteiger partial charge in [-0.1, -0.05) is 35.5 Å². The van der Waals surface area contributed by atoms with Gasteiger partial charge in [-0.3, -0.25) is 9.48 Å². The minimum atomic E-state index is 0.0181. The molecule has 5 rings (SSSR count). The Morgan fingerprint density at radius 3 is 2.86 bits per heavy atom. The van der Waals surface area contributed by atoms with Gasteiger partial charge in [0.25, 0.3) is 5.56 Å². The van der Waals surface area contributed by atoms with Crippen LogP contribution in [0.4, 0.5) is 0 Å². The molecular weight excluding hydrogens is 278 g/mol. The number of hydrogen-bond acceptors (Lipinski definition) is 3. The lowest BCUT2D eigenvalue weighted by Crippen LogP contribution is -2.23. The number of oxime groups is 1. The molecule has 0 saturated heterocycles. The molecule has 3 aromatic rings. The predicted octanol–water partition coefficient (Wildman–Crippen LogP) is 2.16. The molecule has 108 valence electrons. The van der Waals surface area contributed by atoms with Gasteiger partial charge in [-0.15, -0.1) is 0 Å². The van der Waals surface area contributed by atoms with Gasteiger partial charge < -0.3 is 4.84 Å². The third-order valence-electron chi connectivity index (χ3n) is 4.47. The van der Waals surface area contributed by atoms with Crippen LogP contribution in [0.25, 0.3) is 16.6 Å². The van der Waals surface area contributed by atoms with Crippen molar-refractivity contribution in [3.05, 3.63) is 64.4 Å². The average Bonchev–Trinajstić information content (AvgIpc) is 3.09. The summed E-state index contributed by atoms with van der Waals surface area (Å²) in [5.74, 6) is 0.171. The van der Waals surface area contributed by atoms with E-state index in [9.17, 15) is 4.79 Å². The van der Waals surface area contributed by atoms with Crippen LogP contribution in [0.15, 0.2) is 58.5 Å². The highest BCUT2D eigenvalue weighted by Crippen LogP contribution is 2.29. The number of hydrogen-bond donors (Lipinski definition) is 0. The summed E-state index contributed by atoms with van der Waals surface area (Å²) in [6.07, 6.45) is 0. The molecule has 0 bridgehead atoms. The van der Waals surface area contributed by atoms with E-state index in [-0.39, 0.29) is 11.5 Å². The highest BCUT2D eigenvalue weighted by Gasteiger charge is 2.32. The Balaban J connectivity index is 1.96. The standard InChI is InChI=1S/C17H13N3O2/c21-17-13-6-2-3-7-14(13)19-9-11-10-22-18-16(11)12-5-1-4-8-15(12)20(17)19/h1-8,11H,9-10H2. The zero-order valence-electron chi connectivity index (χ0n) is 11.8. The second kappa shape index (κ2) is 4.10. The molecule has 0 saturated carbocycles. The predicted molar refractivity (Wildman–Crippen MR) is 83.5 cm³/mol. The summed E-state index contributed by atoms with van der Waals surface area (Å²) < 4.78 is 3.83. The fourth-order valence-corrected chi connectivity index (χ4v) is 3.47. The van der Waals surface area contributed by atoms with E-state index in [0.29, 0.717) is 13.2 Å². The summed E-state index contributed by atoms with van der Waals surface area (Å²) in [5, 5.41) is 4.97. The Kier molecular flexibility index (Phi) is 2.20. The molecule has 2 aliphatic rings. The number of fused-ring (bicyclic) bond motifs is 7. The van der Waals surface area contributed by atoms with Crippen LogP contribution in [0.5, 0.6) is 0 Å². The van der Waals surface area contributed by atoms with E-state index in [4.69, 9.17) is 4.84 Å². The molecule has 5 heteroatoms. The normalized spacial score (nSPS) is 18.9. The molecule has 1 aromatic heterocycles. The molecule has 1 atom stereocenters. The fourth-order valence-electron chi connectivity index (χ4n) is 3.47. The van der Waals surface area contributed by atoms with Crippen molar-refractivity contribution in [3.8, 4) is 5.69 Å². The minimum absolute atomic E-state index is 0.0181. The molecule has 2 aromatic carbocycles. The van der Waals surface area contributed by atoms with E-state index >= 15 is 0 Å². The lowest BCUT2D eigenvalue weighted by molar-refractivity contribution is 0.149. The van der Waals surface area contributed by atoms with Crippen molar-refractivity contribution in [2.75, 3.05) is 6.61 Å². The van der Waals surface area contributed by atoms with Crippen molar-refractivity contribution < 1.29 is 4.84 Å². The first-order chi connectivity index (χ1) is 10.8. The molecule has 0 fully saturated rings. The molecule has 22 heavy (non-hydrogen) atoms. The topological polar surface area (TPSA) is 48.5 Å². The zero-order valence-corrected chi connectivity index (χ0v) is 11.8. The van der Waals surface area contributed by atoms with Gasteiger partial charge in [0.15, 0.2) is 0 Å². The van der Waals surface area contributed by atoms with E-state index in [2.05, 4.69) is 9.84 Å². The van der Waals surface area contributed by atoms with E-state index in [1.807, 2.05) is 48.5 Å². The maximum atomic E-state index is 12.9. The summed E-state index contributed by atoms with van der Waals surface area (Å²) in [5.41, 5.74) is 3.76. The van der Waals surface area contributed by atoms with Gasteiger partial charge in [-0.25, -0.2) is 4.68 Å². The van der Waals surface area contributed by atoms with Crippen LogP contribution in [0.1, 0.15) is 5.56 Å². The van der Waals surface area contributed by atoms with Crippen LogP contribution in [-0.4, -0.2) is 21.7 Å². The van der Waals surface area contributed by atoms with Crippen LogP contribution >= 0.6 is 0 Å². The average molecular weight is 291 g/mol. The lowest BCUT2D eigenvalue weighted by Gasteiger charge is -2.11. The number of rotatable bonds is 0. The smallest absolute Gasteiger partial charge is 0.279 e. The first kappa shape index (κ1) is 11.8. The van der Waals surface area contributed by atoms with Crippen molar-refractivity contribution in [3.63, 3.8) is 0 Å². The van der Waals surface area contributed by atoms with Crippen molar-refractivity contribution in [1.29, 1.82) is 0 Å². The summed E-state index contributed by atoms with van der Waals surface area (Å²) in [6, 6.07) is 15.6. The fraction of sp³-hybridized carbons (Fsp3) is 0.176. The van der Waals surface area contributed by atoms with Crippen molar-refractivity contribution in [1.82, 2.24) is 9.36 Å². The van der Waals surface area contributed by atoms with Crippen molar-refractivity contribution in [2.24, 2.45) is 11.1 Å². The number of aromatic nitrogens is 2. The third kappa shape index (κ3) is 1.38. The summed E-state index contributed by atoms with van der Waals surface area (Å²) in [4.78, 5) is 18.2. The van der Waals surface area contributed by atoms with Crippen molar-refractivity contribution >= 4 is 16.6 Å². The van der Waals surface area contributed by atoms with E-state index in [1.165, 1.54) is 0 Å². The zero-order chi connectivity index (χ0) is 14.7. The summed E-state index contributed by atoms with van der Waals surface area (Å²) in [6.45, 7) is 1.25. The Bertz CT molecular complexity index is 997. The Labute approximate surface area is 126 Å². The first-order valence-electron chi connectivity index (χ1n) is 7.35. The molecule has 0 spiro atoms. The van der Waals surface area contributed by atoms with Gasteiger partial charge >= 0.3 is 0 Å². The van der Waals surface area contributed by atoms with Crippen LogP contribution in [0.3, 0.4) is 0 Å². The number of para-hydroxylation sites is 2. The van der Waals surface area contributed by atoms with Gasteiger partial charge in [0.05, 0.1) is 34.8 Å². The van der Waals surface area contributed by atoms with Gasteiger partial charge in [0.1, 0.15) is 6.61 Å². The first-order valence-corrected chi connectivity index (χ1v) is 7.35. The Hall–Kier alpha value is -2.82. The molecule has 0 amide bonds. The molecule has 5 nitrogen and oxygen atoms in total. The molecule has 2 aliphatic heterocycles. The third-order valence-corrected chi connectivity index (χ3v) is 4.47. The monoisotopic (exact) mass is 291 g/mol. The van der Waals surface area contributed by atoms with Crippen LogP contribution in [0, 0.1) is 5.92 Å². The molecule has 0 radical (unpaired) electrons. The van der Waals surface area contributed by atoms with Gasteiger partial charge in [-0.2, -0.15) is 0 Å². The minimum Gasteiger partial charge on any atom is -0.395 e. The Morgan fingerprint density at radius 1 is 1.09 bits per heavy atom. The number of nitrogens with zero attached hydrogens (tertiary/aromatic N) is 3. The Morgan fingerprint density at radius 2 is 1.91 bits per heavy atom. The van der Waals surface area contributed by atoms with Gasteiger partial charge in [0, 0.05) is 5.56 Å². The highest BCUT2D eigenvalue weighted by atomic mass is 16.6. The number of benzene rings is 2. The largest absolute Gasteiger partial charge is 0.395 e. The van der Waals surface area contributed by atoms with Crippen LogP contribution in [0.2, 0.25) is 0 Å². The van der Waals surface area contributed by atoms with E-state index < -0.39 is 0 Å². The quantitative estimate of drug-likeness (QED) is 0.637. The van der Waals surface area contributed by atoms with E-state index in [1.54, 1.807) is 4.68 Å². The molecular formula is C17H13N3O2. The van der Waals surface area contributed by atoms with Crippen molar-refractivity contribution in [2.45, 2.75) is 6.54 Å². The van der Waals surface area contributed by atoms with Gasteiger partial charge in [0.2, 0.25) is 0 Å². The molecule has 0 aliphatic carbocycles. The second-order valence-corrected chi connectivity index (χ2v) is 5.70. The summed E-state index contributed by atoms with van der Waals surface area (Å²) in [7, 11) is 0. The molecule has 3 heterocycles. The second-order valence-electron chi connectivity index (χ2n) is 5.70.